The Morgan fingerprint density at radius 1 is 0.966 bits per heavy atom. The van der Waals surface area contributed by atoms with E-state index >= 15 is 0 Å². The van der Waals surface area contributed by atoms with Crippen LogP contribution in [0.4, 0.5) is 10.1 Å². The Hall–Kier alpha value is -2.89. The zero-order valence-electron chi connectivity index (χ0n) is 16.9. The van der Waals surface area contributed by atoms with Crippen LogP contribution in [0.2, 0.25) is 0 Å². The first-order valence-corrected chi connectivity index (χ1v) is 10.1. The Morgan fingerprint density at radius 3 is 2.28 bits per heavy atom. The molecule has 0 saturated carbocycles. The second kappa shape index (κ2) is 10.0. The third kappa shape index (κ3) is 5.79. The molecule has 2 aromatic rings. The number of halogens is 1. The van der Waals surface area contributed by atoms with Crippen LogP contribution in [0.5, 0.6) is 0 Å². The van der Waals surface area contributed by atoms with Gasteiger partial charge in [0, 0.05) is 39.6 Å². The summed E-state index contributed by atoms with van der Waals surface area (Å²) in [5.74, 6) is -0.377. The summed E-state index contributed by atoms with van der Waals surface area (Å²) in [4.78, 5) is 30.0. The van der Waals surface area contributed by atoms with Gasteiger partial charge in [-0.15, -0.1) is 0 Å². The molecule has 0 atom stereocenters. The van der Waals surface area contributed by atoms with Gasteiger partial charge < -0.3 is 14.7 Å². The van der Waals surface area contributed by atoms with Crippen molar-refractivity contribution in [2.24, 2.45) is 0 Å². The third-order valence-electron chi connectivity index (χ3n) is 5.33. The van der Waals surface area contributed by atoms with Crippen LogP contribution in [0.1, 0.15) is 18.9 Å². The number of amides is 2. The maximum Gasteiger partial charge on any atom is 0.242 e. The van der Waals surface area contributed by atoms with E-state index in [4.69, 9.17) is 0 Å². The first-order chi connectivity index (χ1) is 14.0. The fraction of sp³-hybridized carbons (Fsp3) is 0.391. The first kappa shape index (κ1) is 20.8. The molecular weight excluding hydrogens is 369 g/mol. The molecule has 154 valence electrons. The van der Waals surface area contributed by atoms with Crippen LogP contribution in [0.3, 0.4) is 0 Å². The number of anilines is 1. The van der Waals surface area contributed by atoms with Crippen molar-refractivity contribution in [1.82, 2.24) is 9.80 Å². The standard InChI is InChI=1S/C23H28FN3O2/c1-19(28)27(13-7-10-20-8-3-2-4-9-20)18-23(29)26-16-14-25(15-17-26)22-12-6-5-11-21(22)24/h2-6,8-9,11-12H,7,10,13-18H2,1H3. The van der Waals surface area contributed by atoms with E-state index < -0.39 is 0 Å². The van der Waals surface area contributed by atoms with Gasteiger partial charge in [-0.1, -0.05) is 42.5 Å². The largest absolute Gasteiger partial charge is 0.366 e. The van der Waals surface area contributed by atoms with E-state index in [1.54, 1.807) is 21.9 Å². The minimum atomic E-state index is -0.242. The Balaban J connectivity index is 1.47. The van der Waals surface area contributed by atoms with E-state index in [2.05, 4.69) is 12.1 Å². The highest BCUT2D eigenvalue weighted by molar-refractivity contribution is 5.84. The molecular formula is C23H28FN3O2. The van der Waals surface area contributed by atoms with Gasteiger partial charge in [-0.2, -0.15) is 0 Å². The smallest absolute Gasteiger partial charge is 0.242 e. The van der Waals surface area contributed by atoms with Crippen molar-refractivity contribution in [2.45, 2.75) is 19.8 Å². The number of benzene rings is 2. The number of carbonyl (C=O) groups excluding carboxylic acids is 2. The molecule has 0 aromatic heterocycles. The topological polar surface area (TPSA) is 43.9 Å². The summed E-state index contributed by atoms with van der Waals surface area (Å²) in [6.07, 6.45) is 1.69. The number of aryl methyl sites for hydroxylation is 1. The average molecular weight is 397 g/mol. The van der Waals surface area contributed by atoms with Gasteiger partial charge in [0.2, 0.25) is 11.8 Å². The summed E-state index contributed by atoms with van der Waals surface area (Å²) < 4.78 is 14.0. The van der Waals surface area contributed by atoms with Gasteiger partial charge in [-0.3, -0.25) is 9.59 Å². The van der Waals surface area contributed by atoms with Crippen molar-refractivity contribution < 1.29 is 14.0 Å². The quantitative estimate of drug-likeness (QED) is 0.722. The molecule has 0 N–H and O–H groups in total. The summed E-state index contributed by atoms with van der Waals surface area (Å²) in [6, 6.07) is 16.8. The van der Waals surface area contributed by atoms with Crippen molar-refractivity contribution in [3.63, 3.8) is 0 Å². The van der Waals surface area contributed by atoms with Crippen molar-refractivity contribution in [3.8, 4) is 0 Å². The highest BCUT2D eigenvalue weighted by atomic mass is 19.1. The zero-order chi connectivity index (χ0) is 20.6. The van der Waals surface area contributed by atoms with Crippen LogP contribution in [0.15, 0.2) is 54.6 Å². The van der Waals surface area contributed by atoms with Crippen LogP contribution in [-0.2, 0) is 16.0 Å². The second-order valence-corrected chi connectivity index (χ2v) is 7.35. The lowest BCUT2D eigenvalue weighted by molar-refractivity contribution is -0.139. The monoisotopic (exact) mass is 397 g/mol. The Morgan fingerprint density at radius 2 is 1.62 bits per heavy atom. The van der Waals surface area contributed by atoms with Gasteiger partial charge in [-0.25, -0.2) is 4.39 Å². The van der Waals surface area contributed by atoms with E-state index in [9.17, 15) is 14.0 Å². The molecule has 6 heteroatoms. The number of hydrogen-bond donors (Lipinski definition) is 0. The highest BCUT2D eigenvalue weighted by Gasteiger charge is 2.24. The number of nitrogens with zero attached hydrogens (tertiary/aromatic N) is 3. The van der Waals surface area contributed by atoms with Crippen molar-refractivity contribution in [3.05, 3.63) is 66.0 Å². The first-order valence-electron chi connectivity index (χ1n) is 10.1. The van der Waals surface area contributed by atoms with Gasteiger partial charge in [0.15, 0.2) is 0 Å². The van der Waals surface area contributed by atoms with Crippen LogP contribution in [0.25, 0.3) is 0 Å². The van der Waals surface area contributed by atoms with Gasteiger partial charge in [0.1, 0.15) is 5.82 Å². The van der Waals surface area contributed by atoms with E-state index in [1.165, 1.54) is 18.6 Å². The van der Waals surface area contributed by atoms with Crippen LogP contribution < -0.4 is 4.90 Å². The van der Waals surface area contributed by atoms with Crippen LogP contribution >= 0.6 is 0 Å². The normalized spacial score (nSPS) is 14.0. The number of carbonyl (C=O) groups is 2. The van der Waals surface area contributed by atoms with Gasteiger partial charge >= 0.3 is 0 Å². The van der Waals surface area contributed by atoms with Crippen molar-refractivity contribution in [1.29, 1.82) is 0 Å². The molecule has 2 amide bonds. The van der Waals surface area contributed by atoms with E-state index in [1.807, 2.05) is 29.2 Å². The molecule has 29 heavy (non-hydrogen) atoms. The van der Waals surface area contributed by atoms with Gasteiger partial charge in [0.05, 0.1) is 12.2 Å². The zero-order valence-corrected chi connectivity index (χ0v) is 16.9. The molecule has 1 fully saturated rings. The van der Waals surface area contributed by atoms with E-state index in [0.717, 1.165) is 12.8 Å². The lowest BCUT2D eigenvalue weighted by Crippen LogP contribution is -2.52. The lowest BCUT2D eigenvalue weighted by atomic mass is 10.1. The number of hydrogen-bond acceptors (Lipinski definition) is 3. The fourth-order valence-corrected chi connectivity index (χ4v) is 3.63. The second-order valence-electron chi connectivity index (χ2n) is 7.35. The maximum atomic E-state index is 14.0. The molecule has 2 aromatic carbocycles. The Kier molecular flexibility index (Phi) is 7.22. The van der Waals surface area contributed by atoms with Gasteiger partial charge in [-0.05, 0) is 30.5 Å². The molecule has 3 rings (SSSR count). The lowest BCUT2D eigenvalue weighted by Gasteiger charge is -2.37. The van der Waals surface area contributed by atoms with Crippen LogP contribution in [-0.4, -0.2) is 60.9 Å². The number of piperazine rings is 1. The predicted octanol–water partition coefficient (Wildman–Crippen LogP) is 2.96. The summed E-state index contributed by atoms with van der Waals surface area (Å²) >= 11 is 0. The van der Waals surface area contributed by atoms with Crippen molar-refractivity contribution >= 4 is 17.5 Å². The number of rotatable bonds is 7. The molecule has 1 aliphatic heterocycles. The third-order valence-corrected chi connectivity index (χ3v) is 5.33. The molecule has 5 nitrogen and oxygen atoms in total. The number of para-hydroxylation sites is 1. The molecule has 1 heterocycles. The SMILES string of the molecule is CC(=O)N(CCCc1ccccc1)CC(=O)N1CCN(c2ccccc2F)CC1. The molecule has 1 saturated heterocycles. The molecule has 0 bridgehead atoms. The minimum absolute atomic E-state index is 0.0481. The summed E-state index contributed by atoms with van der Waals surface area (Å²) in [5, 5.41) is 0. The van der Waals surface area contributed by atoms with E-state index in [-0.39, 0.29) is 24.2 Å². The van der Waals surface area contributed by atoms with Crippen LogP contribution in [0, 0.1) is 5.82 Å². The average Bonchev–Trinajstić information content (AvgIpc) is 2.74. The summed E-state index contributed by atoms with van der Waals surface area (Å²) in [7, 11) is 0. The Bertz CT molecular complexity index is 820. The highest BCUT2D eigenvalue weighted by Crippen LogP contribution is 2.20. The Labute approximate surface area is 171 Å². The fourth-order valence-electron chi connectivity index (χ4n) is 3.63. The molecule has 0 unspecified atom stereocenters. The molecule has 0 aliphatic carbocycles. The minimum Gasteiger partial charge on any atom is -0.366 e. The summed E-state index contributed by atoms with van der Waals surface area (Å²) in [5.41, 5.74) is 1.80. The molecule has 0 spiro atoms. The van der Waals surface area contributed by atoms with Gasteiger partial charge in [0.25, 0.3) is 0 Å². The maximum absolute atomic E-state index is 14.0. The van der Waals surface area contributed by atoms with Crippen molar-refractivity contribution in [2.75, 3.05) is 44.2 Å². The van der Waals surface area contributed by atoms with E-state index in [0.29, 0.717) is 38.4 Å². The molecule has 1 aliphatic rings. The summed E-state index contributed by atoms with van der Waals surface area (Å²) in [6.45, 7) is 4.40. The predicted molar refractivity (Wildman–Crippen MR) is 112 cm³/mol. The molecule has 0 radical (unpaired) electrons.